The minimum atomic E-state index is -1.12. The number of amides is 2. The van der Waals surface area contributed by atoms with E-state index in [9.17, 15) is 9.59 Å². The number of aryl methyl sites for hydroxylation is 1. The molecule has 0 heterocycles. The summed E-state index contributed by atoms with van der Waals surface area (Å²) in [7, 11) is 1.38. The first-order valence-electron chi connectivity index (χ1n) is 6.35. The van der Waals surface area contributed by atoms with Gasteiger partial charge in [-0.1, -0.05) is 24.3 Å². The van der Waals surface area contributed by atoms with Crippen molar-refractivity contribution in [2.75, 3.05) is 20.3 Å². The molecule has 0 saturated carbocycles. The fraction of sp³-hybridized carbons (Fsp3) is 0.429. The van der Waals surface area contributed by atoms with E-state index in [-0.39, 0.29) is 6.61 Å². The average molecular weight is 280 g/mol. The van der Waals surface area contributed by atoms with Crippen LogP contribution in [0.2, 0.25) is 0 Å². The van der Waals surface area contributed by atoms with Gasteiger partial charge in [-0.3, -0.25) is 0 Å². The maximum absolute atomic E-state index is 11.6. The predicted molar refractivity (Wildman–Crippen MR) is 74.7 cm³/mol. The Labute approximate surface area is 118 Å². The number of aliphatic carboxylic acids is 1. The van der Waals surface area contributed by atoms with Crippen LogP contribution in [0.1, 0.15) is 11.1 Å². The van der Waals surface area contributed by atoms with Gasteiger partial charge in [-0.2, -0.15) is 0 Å². The van der Waals surface area contributed by atoms with Crippen molar-refractivity contribution in [3.8, 4) is 0 Å². The number of hydrogen-bond donors (Lipinski definition) is 3. The first kappa shape index (κ1) is 16.0. The molecule has 110 valence electrons. The number of ether oxygens (including phenoxy) is 1. The van der Waals surface area contributed by atoms with Crippen LogP contribution < -0.4 is 10.6 Å². The van der Waals surface area contributed by atoms with Crippen molar-refractivity contribution in [1.29, 1.82) is 0 Å². The second-order valence-corrected chi connectivity index (χ2v) is 4.42. The van der Waals surface area contributed by atoms with Crippen molar-refractivity contribution in [3.05, 3.63) is 35.4 Å². The van der Waals surface area contributed by atoms with Crippen molar-refractivity contribution in [2.24, 2.45) is 0 Å². The minimum Gasteiger partial charge on any atom is -0.480 e. The van der Waals surface area contributed by atoms with Gasteiger partial charge in [0.25, 0.3) is 0 Å². The summed E-state index contributed by atoms with van der Waals surface area (Å²) >= 11 is 0. The molecule has 1 aromatic carbocycles. The maximum atomic E-state index is 11.6. The van der Waals surface area contributed by atoms with E-state index in [1.807, 2.05) is 31.2 Å². The number of hydrogen-bond acceptors (Lipinski definition) is 3. The zero-order valence-corrected chi connectivity index (χ0v) is 11.7. The van der Waals surface area contributed by atoms with Gasteiger partial charge in [0, 0.05) is 13.7 Å². The Balaban J connectivity index is 2.36. The molecule has 1 atom stereocenters. The lowest BCUT2D eigenvalue weighted by molar-refractivity contribution is -0.140. The Morgan fingerprint density at radius 1 is 1.35 bits per heavy atom. The Morgan fingerprint density at radius 2 is 2.05 bits per heavy atom. The first-order chi connectivity index (χ1) is 9.54. The van der Waals surface area contributed by atoms with Gasteiger partial charge in [-0.05, 0) is 24.5 Å². The van der Waals surface area contributed by atoms with Crippen molar-refractivity contribution in [1.82, 2.24) is 10.6 Å². The molecule has 0 spiro atoms. The summed E-state index contributed by atoms with van der Waals surface area (Å²) in [5.74, 6) is -1.12. The number of urea groups is 1. The Bertz CT molecular complexity index is 462. The SMILES string of the molecule is COCC(NC(=O)NCCc1ccccc1C)C(=O)O. The van der Waals surface area contributed by atoms with E-state index in [2.05, 4.69) is 10.6 Å². The molecule has 0 fully saturated rings. The molecule has 20 heavy (non-hydrogen) atoms. The lowest BCUT2D eigenvalue weighted by Gasteiger charge is -2.14. The summed E-state index contributed by atoms with van der Waals surface area (Å²) in [6, 6.07) is 6.36. The second-order valence-electron chi connectivity index (χ2n) is 4.42. The van der Waals surface area contributed by atoms with Crippen molar-refractivity contribution in [2.45, 2.75) is 19.4 Å². The molecule has 1 rings (SSSR count). The molecule has 3 N–H and O–H groups in total. The third-order valence-electron chi connectivity index (χ3n) is 2.88. The molecule has 0 bridgehead atoms. The third-order valence-corrected chi connectivity index (χ3v) is 2.88. The van der Waals surface area contributed by atoms with E-state index >= 15 is 0 Å². The van der Waals surface area contributed by atoms with E-state index < -0.39 is 18.0 Å². The van der Waals surface area contributed by atoms with Gasteiger partial charge in [-0.25, -0.2) is 9.59 Å². The predicted octanol–water partition coefficient (Wildman–Crippen LogP) is 0.936. The Morgan fingerprint density at radius 3 is 2.65 bits per heavy atom. The highest BCUT2D eigenvalue weighted by atomic mass is 16.5. The lowest BCUT2D eigenvalue weighted by atomic mass is 10.1. The number of benzene rings is 1. The van der Waals surface area contributed by atoms with Crippen LogP contribution in [0.5, 0.6) is 0 Å². The average Bonchev–Trinajstić information content (AvgIpc) is 2.40. The Hall–Kier alpha value is -2.08. The van der Waals surface area contributed by atoms with Gasteiger partial charge in [0.2, 0.25) is 0 Å². The number of rotatable bonds is 7. The highest BCUT2D eigenvalue weighted by Crippen LogP contribution is 2.06. The standard InChI is InChI=1S/C14H20N2O4/c1-10-5-3-4-6-11(10)7-8-15-14(19)16-12(9-20-2)13(17)18/h3-6,12H,7-9H2,1-2H3,(H,17,18)(H2,15,16,19). The monoisotopic (exact) mass is 280 g/mol. The molecule has 2 amide bonds. The molecule has 0 aliphatic rings. The topological polar surface area (TPSA) is 87.7 Å². The van der Waals surface area contributed by atoms with E-state index in [0.717, 1.165) is 11.1 Å². The molecule has 0 radical (unpaired) electrons. The molecule has 0 saturated heterocycles. The number of methoxy groups -OCH3 is 1. The van der Waals surface area contributed by atoms with Crippen LogP contribution >= 0.6 is 0 Å². The van der Waals surface area contributed by atoms with Crippen LogP contribution in [0.15, 0.2) is 24.3 Å². The Kier molecular flexibility index (Phi) is 6.52. The summed E-state index contributed by atoms with van der Waals surface area (Å²) < 4.78 is 4.73. The quantitative estimate of drug-likeness (QED) is 0.693. The smallest absolute Gasteiger partial charge is 0.328 e. The molecule has 1 unspecified atom stereocenters. The highest BCUT2D eigenvalue weighted by molar-refractivity contribution is 5.82. The molecule has 6 nitrogen and oxygen atoms in total. The second kappa shape index (κ2) is 8.16. The highest BCUT2D eigenvalue weighted by Gasteiger charge is 2.19. The van der Waals surface area contributed by atoms with Crippen LogP contribution in [0, 0.1) is 6.92 Å². The van der Waals surface area contributed by atoms with E-state index in [1.165, 1.54) is 7.11 Å². The molecule has 0 aliphatic heterocycles. The largest absolute Gasteiger partial charge is 0.480 e. The van der Waals surface area contributed by atoms with E-state index in [1.54, 1.807) is 0 Å². The molecular weight excluding hydrogens is 260 g/mol. The maximum Gasteiger partial charge on any atom is 0.328 e. The minimum absolute atomic E-state index is 0.0689. The summed E-state index contributed by atoms with van der Waals surface area (Å²) in [5.41, 5.74) is 2.32. The molecule has 0 aromatic heterocycles. The first-order valence-corrected chi connectivity index (χ1v) is 6.35. The number of carbonyl (C=O) groups is 2. The number of nitrogens with one attached hydrogen (secondary N) is 2. The number of carboxylic acids is 1. The summed E-state index contributed by atoms with van der Waals surface area (Å²) in [6.45, 7) is 2.38. The summed E-state index contributed by atoms with van der Waals surface area (Å²) in [6.07, 6.45) is 0.697. The van der Waals surface area contributed by atoms with Crippen LogP contribution in [0.3, 0.4) is 0 Å². The molecular formula is C14H20N2O4. The molecule has 6 heteroatoms. The molecule has 0 aliphatic carbocycles. The van der Waals surface area contributed by atoms with Crippen LogP contribution in [0.4, 0.5) is 4.79 Å². The van der Waals surface area contributed by atoms with Gasteiger partial charge < -0.3 is 20.5 Å². The van der Waals surface area contributed by atoms with Gasteiger partial charge in [0.15, 0.2) is 6.04 Å². The van der Waals surface area contributed by atoms with Crippen LogP contribution in [-0.4, -0.2) is 43.4 Å². The summed E-state index contributed by atoms with van der Waals surface area (Å²) in [5, 5.41) is 13.8. The lowest BCUT2D eigenvalue weighted by Crippen LogP contribution is -2.48. The fourth-order valence-electron chi connectivity index (χ4n) is 1.75. The summed E-state index contributed by atoms with van der Waals surface area (Å²) in [4.78, 5) is 22.4. The zero-order chi connectivity index (χ0) is 15.0. The number of carboxylic acid groups (broad SMARTS) is 1. The zero-order valence-electron chi connectivity index (χ0n) is 11.7. The van der Waals surface area contributed by atoms with Gasteiger partial charge >= 0.3 is 12.0 Å². The normalized spacial score (nSPS) is 11.7. The van der Waals surface area contributed by atoms with Crippen LogP contribution in [0.25, 0.3) is 0 Å². The number of carbonyl (C=O) groups excluding carboxylic acids is 1. The van der Waals surface area contributed by atoms with E-state index in [4.69, 9.17) is 9.84 Å². The van der Waals surface area contributed by atoms with Crippen molar-refractivity contribution >= 4 is 12.0 Å². The van der Waals surface area contributed by atoms with Gasteiger partial charge in [0.05, 0.1) is 6.61 Å². The van der Waals surface area contributed by atoms with Crippen LogP contribution in [-0.2, 0) is 16.0 Å². The van der Waals surface area contributed by atoms with Crippen molar-refractivity contribution < 1.29 is 19.4 Å². The fourth-order valence-corrected chi connectivity index (χ4v) is 1.75. The third kappa shape index (κ3) is 5.27. The van der Waals surface area contributed by atoms with Crippen molar-refractivity contribution in [3.63, 3.8) is 0 Å². The van der Waals surface area contributed by atoms with Gasteiger partial charge in [0.1, 0.15) is 0 Å². The molecule has 1 aromatic rings. The van der Waals surface area contributed by atoms with Gasteiger partial charge in [-0.15, -0.1) is 0 Å². The van der Waals surface area contributed by atoms with E-state index in [0.29, 0.717) is 13.0 Å².